The number of ketones is 1. The van der Waals surface area contributed by atoms with E-state index in [0.717, 1.165) is 4.88 Å². The number of hydrogen-bond acceptors (Lipinski definition) is 8. The van der Waals surface area contributed by atoms with Crippen molar-refractivity contribution in [2.24, 2.45) is 11.7 Å². The minimum atomic E-state index is -1.13. The number of Topliss-reactive ketones (excluding diaryl/α,β-unsaturated/α-hetero) is 1. The maximum absolute atomic E-state index is 14.7. The van der Waals surface area contributed by atoms with E-state index in [0.29, 0.717) is 16.9 Å². The molecule has 7 nitrogen and oxygen atoms in total. The lowest BCUT2D eigenvalue weighted by Gasteiger charge is -2.44. The fourth-order valence-corrected chi connectivity index (χ4v) is 6.92. The molecule has 2 N–H and O–H groups in total. The van der Waals surface area contributed by atoms with Crippen molar-refractivity contribution < 1.29 is 23.9 Å². The van der Waals surface area contributed by atoms with Gasteiger partial charge in [-0.3, -0.25) is 14.5 Å². The molecule has 3 aromatic rings. The van der Waals surface area contributed by atoms with Crippen LogP contribution in [-0.4, -0.2) is 30.9 Å². The number of thiophene rings is 1. The number of ether oxygens (including phenoxy) is 2. The first kappa shape index (κ1) is 28.9. The minimum Gasteiger partial charge on any atom is -0.465 e. The molecule has 1 aromatic heterocycles. The number of carbonyl (C=O) groups is 3. The average Bonchev–Trinajstić information content (AvgIpc) is 3.49. The molecule has 0 amide bonds. The molecule has 1 aliphatic carbocycles. The molecule has 0 fully saturated rings. The third-order valence-corrected chi connectivity index (χ3v) is 9.13. The van der Waals surface area contributed by atoms with Gasteiger partial charge in [0.1, 0.15) is 11.7 Å². The van der Waals surface area contributed by atoms with Gasteiger partial charge in [-0.2, -0.15) is 0 Å². The zero-order valence-corrected chi connectivity index (χ0v) is 24.8. The molecule has 2 heterocycles. The van der Waals surface area contributed by atoms with E-state index in [1.54, 1.807) is 36.9 Å². The van der Waals surface area contributed by atoms with Gasteiger partial charge in [-0.15, -0.1) is 11.3 Å². The molecule has 5 rings (SSSR count). The third-order valence-electron chi connectivity index (χ3n) is 7.29. The lowest BCUT2D eigenvalue weighted by Crippen LogP contribution is -2.46. The van der Waals surface area contributed by atoms with E-state index >= 15 is 0 Å². The Bertz CT molecular complexity index is 1550. The van der Waals surface area contributed by atoms with Crippen LogP contribution in [0.25, 0.3) is 0 Å². The zero-order valence-electron chi connectivity index (χ0n) is 22.4. The molecule has 0 spiro atoms. The number of rotatable bonds is 7. The number of hydrogen-bond donors (Lipinski definition) is 1. The van der Waals surface area contributed by atoms with Crippen molar-refractivity contribution >= 4 is 57.9 Å². The molecule has 2 aliphatic rings. The Morgan fingerprint density at radius 2 is 1.73 bits per heavy atom. The largest absolute Gasteiger partial charge is 0.465 e. The second-order valence-electron chi connectivity index (χ2n) is 9.55. The second-order valence-corrected chi connectivity index (χ2v) is 11.3. The van der Waals surface area contributed by atoms with Crippen LogP contribution < -0.4 is 10.6 Å². The van der Waals surface area contributed by atoms with Crippen molar-refractivity contribution in [2.75, 3.05) is 18.1 Å². The van der Waals surface area contributed by atoms with Gasteiger partial charge >= 0.3 is 11.9 Å². The van der Waals surface area contributed by atoms with Crippen molar-refractivity contribution in [1.82, 2.24) is 0 Å². The van der Waals surface area contributed by atoms with Gasteiger partial charge in [0.2, 0.25) is 0 Å². The molecule has 1 aliphatic heterocycles. The standard InChI is InChI=1S/C31H28Cl2N2O5S/c1-3-39-30(37)24-19(22-14-9-15-41-22)16-21-25(28(24)36)23(18-12-8-13-20(32)27(18)33)26(31(38)40-4-2)29(34)35(21)17-10-6-5-7-11-17/h5-15,19,23-24H,3-4,16,34H2,1-2H3/t19-,23+,24-/m1/s1. The molecule has 0 unspecified atom stereocenters. The van der Waals surface area contributed by atoms with E-state index in [1.165, 1.54) is 11.3 Å². The first-order chi connectivity index (χ1) is 19.8. The number of para-hydroxylation sites is 1. The number of allylic oxidation sites excluding steroid dienone is 2. The van der Waals surface area contributed by atoms with Crippen LogP contribution in [0.1, 0.15) is 42.5 Å². The van der Waals surface area contributed by atoms with Crippen molar-refractivity contribution in [3.63, 3.8) is 0 Å². The highest BCUT2D eigenvalue weighted by Crippen LogP contribution is 2.53. The lowest BCUT2D eigenvalue weighted by molar-refractivity contribution is -0.152. The third kappa shape index (κ3) is 5.16. The van der Waals surface area contributed by atoms with Crippen LogP contribution in [0, 0.1) is 5.92 Å². The maximum Gasteiger partial charge on any atom is 0.338 e. The summed E-state index contributed by atoms with van der Waals surface area (Å²) in [7, 11) is 0. The van der Waals surface area contributed by atoms with Gasteiger partial charge < -0.3 is 15.2 Å². The van der Waals surface area contributed by atoms with Gasteiger partial charge in [0.25, 0.3) is 0 Å². The fourth-order valence-electron chi connectivity index (χ4n) is 5.64. The van der Waals surface area contributed by atoms with Crippen LogP contribution in [0.5, 0.6) is 0 Å². The fraction of sp³-hybridized carbons (Fsp3) is 0.258. The zero-order chi connectivity index (χ0) is 29.3. The molecule has 0 radical (unpaired) electrons. The van der Waals surface area contributed by atoms with Crippen LogP contribution in [0.4, 0.5) is 5.69 Å². The number of benzene rings is 2. The molecule has 41 heavy (non-hydrogen) atoms. The summed E-state index contributed by atoms with van der Waals surface area (Å²) in [5.41, 5.74) is 8.78. The predicted octanol–water partition coefficient (Wildman–Crippen LogP) is 6.58. The van der Waals surface area contributed by atoms with E-state index in [9.17, 15) is 14.4 Å². The molecule has 3 atom stereocenters. The van der Waals surface area contributed by atoms with Crippen LogP contribution >= 0.6 is 34.5 Å². The van der Waals surface area contributed by atoms with Gasteiger partial charge in [0, 0.05) is 27.8 Å². The lowest BCUT2D eigenvalue weighted by atomic mass is 9.68. The Hall–Kier alpha value is -3.59. The first-order valence-corrected chi connectivity index (χ1v) is 14.9. The number of carbonyl (C=O) groups excluding carboxylic acids is 3. The molecule has 0 bridgehead atoms. The minimum absolute atomic E-state index is 0.0455. The molecular weight excluding hydrogens is 583 g/mol. The van der Waals surface area contributed by atoms with E-state index in [1.807, 2.05) is 47.8 Å². The summed E-state index contributed by atoms with van der Waals surface area (Å²) in [5.74, 6) is -4.32. The molecule has 0 saturated heterocycles. The Labute approximate surface area is 252 Å². The Balaban J connectivity index is 1.84. The van der Waals surface area contributed by atoms with E-state index < -0.39 is 35.5 Å². The highest BCUT2D eigenvalue weighted by atomic mass is 35.5. The summed E-state index contributed by atoms with van der Waals surface area (Å²) in [6, 6.07) is 18.0. The molecular formula is C31H28Cl2N2O5S. The summed E-state index contributed by atoms with van der Waals surface area (Å²) < 4.78 is 10.9. The molecule has 0 saturated carbocycles. The molecule has 10 heteroatoms. The second kappa shape index (κ2) is 12.1. The highest BCUT2D eigenvalue weighted by molar-refractivity contribution is 7.10. The summed E-state index contributed by atoms with van der Waals surface area (Å²) in [6.45, 7) is 3.59. The Morgan fingerprint density at radius 3 is 2.39 bits per heavy atom. The first-order valence-electron chi connectivity index (χ1n) is 13.2. The van der Waals surface area contributed by atoms with Crippen molar-refractivity contribution in [2.45, 2.75) is 32.1 Å². The molecule has 2 aromatic carbocycles. The smallest absolute Gasteiger partial charge is 0.338 e. The normalized spacial score (nSPS) is 20.6. The van der Waals surface area contributed by atoms with Crippen molar-refractivity contribution in [3.05, 3.63) is 109 Å². The quantitative estimate of drug-likeness (QED) is 0.238. The summed E-state index contributed by atoms with van der Waals surface area (Å²) in [4.78, 5) is 44.4. The van der Waals surface area contributed by atoms with Crippen LogP contribution in [0.3, 0.4) is 0 Å². The number of halogens is 2. The van der Waals surface area contributed by atoms with Crippen LogP contribution in [-0.2, 0) is 23.9 Å². The number of anilines is 1. The Kier molecular flexibility index (Phi) is 8.54. The summed E-state index contributed by atoms with van der Waals surface area (Å²) >= 11 is 14.6. The Morgan fingerprint density at radius 1 is 1.00 bits per heavy atom. The predicted molar refractivity (Wildman–Crippen MR) is 160 cm³/mol. The van der Waals surface area contributed by atoms with Gasteiger partial charge in [-0.1, -0.05) is 59.6 Å². The van der Waals surface area contributed by atoms with Gasteiger partial charge in [-0.25, -0.2) is 4.79 Å². The molecule has 212 valence electrons. The number of esters is 2. The van der Waals surface area contributed by atoms with Crippen molar-refractivity contribution in [3.8, 4) is 0 Å². The monoisotopic (exact) mass is 610 g/mol. The van der Waals surface area contributed by atoms with Crippen LogP contribution in [0.15, 0.2) is 88.7 Å². The van der Waals surface area contributed by atoms with E-state index in [4.69, 9.17) is 38.4 Å². The summed E-state index contributed by atoms with van der Waals surface area (Å²) in [5, 5.41) is 2.33. The summed E-state index contributed by atoms with van der Waals surface area (Å²) in [6.07, 6.45) is 0.283. The average molecular weight is 612 g/mol. The topological polar surface area (TPSA) is 98.9 Å². The number of nitrogens with zero attached hydrogens (tertiary/aromatic N) is 1. The van der Waals surface area contributed by atoms with Crippen LogP contribution in [0.2, 0.25) is 10.0 Å². The van der Waals surface area contributed by atoms with Gasteiger partial charge in [-0.05, 0) is 55.5 Å². The number of nitrogens with two attached hydrogens (primary N) is 1. The van der Waals surface area contributed by atoms with E-state index in [2.05, 4.69) is 0 Å². The SMILES string of the molecule is CCOC(=O)C1=C(N)N(c2ccccc2)C2=C(C(=O)[C@H](C(=O)OCC)[C@@H](c3cccs3)C2)[C@@H]1c1cccc(Cl)c1Cl. The van der Waals surface area contributed by atoms with Crippen molar-refractivity contribution in [1.29, 1.82) is 0 Å². The van der Waals surface area contributed by atoms with E-state index in [-0.39, 0.29) is 46.6 Å². The van der Waals surface area contributed by atoms with Gasteiger partial charge in [0.05, 0.1) is 34.8 Å². The van der Waals surface area contributed by atoms with Gasteiger partial charge in [0.15, 0.2) is 5.78 Å². The highest BCUT2D eigenvalue weighted by Gasteiger charge is 2.52. The maximum atomic E-state index is 14.7.